The Morgan fingerprint density at radius 1 is 1.00 bits per heavy atom. The second kappa shape index (κ2) is 6.93. The lowest BCUT2D eigenvalue weighted by Gasteiger charge is -2.09. The van der Waals surface area contributed by atoms with E-state index in [0.717, 1.165) is 28.1 Å². The highest BCUT2D eigenvalue weighted by molar-refractivity contribution is 6.03. The average Bonchev–Trinajstić information content (AvgIpc) is 3.03. The number of benzene rings is 2. The number of carbonyl (C=O) groups excluding carboxylic acids is 1. The van der Waals surface area contributed by atoms with Crippen LogP contribution in [0, 0.1) is 5.82 Å². The Morgan fingerprint density at radius 2 is 1.64 bits per heavy atom. The highest BCUT2D eigenvalue weighted by Crippen LogP contribution is 2.39. The Hall–Kier alpha value is -2.88. The summed E-state index contributed by atoms with van der Waals surface area (Å²) in [5, 5.41) is 0. The van der Waals surface area contributed by atoms with Crippen LogP contribution in [-0.4, -0.2) is 18.1 Å². The summed E-state index contributed by atoms with van der Waals surface area (Å²) in [6, 6.07) is 15.9. The smallest absolute Gasteiger partial charge is 0.340 e. The number of aromatic amines is 1. The highest BCUT2D eigenvalue weighted by Gasteiger charge is 2.26. The Bertz CT molecular complexity index is 880. The number of esters is 1. The summed E-state index contributed by atoms with van der Waals surface area (Å²) in [5.74, 6) is -0.577. The topological polar surface area (TPSA) is 42.1 Å². The Labute approximate surface area is 146 Å². The van der Waals surface area contributed by atoms with Crippen LogP contribution >= 0.6 is 0 Å². The molecule has 2 aromatic carbocycles. The van der Waals surface area contributed by atoms with Crippen LogP contribution in [0.2, 0.25) is 0 Å². The molecule has 3 rings (SSSR count). The molecular formula is C21H20FNO2. The first kappa shape index (κ1) is 17.0. The van der Waals surface area contributed by atoms with Crippen LogP contribution < -0.4 is 0 Å². The molecule has 0 saturated carbocycles. The van der Waals surface area contributed by atoms with Crippen LogP contribution in [0.15, 0.2) is 54.6 Å². The number of hydrogen-bond donors (Lipinski definition) is 1. The minimum Gasteiger partial charge on any atom is -0.465 e. The summed E-state index contributed by atoms with van der Waals surface area (Å²) in [6.45, 7) is 4.03. The summed E-state index contributed by atoms with van der Waals surface area (Å²) < 4.78 is 18.4. The van der Waals surface area contributed by atoms with Crippen molar-refractivity contribution in [2.75, 3.05) is 7.11 Å². The van der Waals surface area contributed by atoms with Gasteiger partial charge in [0.2, 0.25) is 0 Å². The summed E-state index contributed by atoms with van der Waals surface area (Å²) >= 11 is 0. The van der Waals surface area contributed by atoms with Gasteiger partial charge in [0.25, 0.3) is 0 Å². The molecule has 4 heteroatoms. The van der Waals surface area contributed by atoms with Gasteiger partial charge in [0.1, 0.15) is 5.82 Å². The first-order valence-corrected chi connectivity index (χ1v) is 8.18. The molecule has 0 fully saturated rings. The summed E-state index contributed by atoms with van der Waals surface area (Å²) in [4.78, 5) is 15.9. The van der Waals surface area contributed by atoms with E-state index in [1.54, 1.807) is 12.1 Å². The number of H-pyrrole nitrogens is 1. The van der Waals surface area contributed by atoms with Crippen LogP contribution in [-0.2, 0) is 4.74 Å². The van der Waals surface area contributed by atoms with Crippen molar-refractivity contribution in [2.45, 2.75) is 19.8 Å². The van der Waals surface area contributed by atoms with E-state index in [-0.39, 0.29) is 17.7 Å². The van der Waals surface area contributed by atoms with Gasteiger partial charge in [-0.05, 0) is 41.3 Å². The predicted molar refractivity (Wildman–Crippen MR) is 97.1 cm³/mol. The molecule has 1 aromatic heterocycles. The van der Waals surface area contributed by atoms with Gasteiger partial charge >= 0.3 is 5.97 Å². The van der Waals surface area contributed by atoms with Crippen LogP contribution in [0.25, 0.3) is 22.4 Å². The third kappa shape index (κ3) is 3.20. The molecule has 0 aliphatic rings. The molecule has 0 aliphatic carbocycles. The van der Waals surface area contributed by atoms with Crippen LogP contribution in [0.1, 0.15) is 35.8 Å². The summed E-state index contributed by atoms with van der Waals surface area (Å²) in [7, 11) is 1.38. The molecule has 25 heavy (non-hydrogen) atoms. The molecule has 1 heterocycles. The first-order chi connectivity index (χ1) is 12.0. The largest absolute Gasteiger partial charge is 0.465 e. The van der Waals surface area contributed by atoms with E-state index in [4.69, 9.17) is 4.74 Å². The van der Waals surface area contributed by atoms with E-state index in [9.17, 15) is 9.18 Å². The lowest BCUT2D eigenvalue weighted by Crippen LogP contribution is -2.06. The number of hydrogen-bond acceptors (Lipinski definition) is 2. The van der Waals surface area contributed by atoms with Crippen molar-refractivity contribution in [1.29, 1.82) is 0 Å². The Balaban J connectivity index is 2.34. The number of aromatic nitrogens is 1. The standard InChI is InChI=1S/C21H20FNO2/c1-13(2)19-18(21(24)25-3)17(14-7-5-4-6-8-14)20(23-19)15-9-11-16(22)12-10-15/h4-13,23H,1-3H3. The third-order valence-corrected chi connectivity index (χ3v) is 4.19. The van der Waals surface area contributed by atoms with E-state index in [1.165, 1.54) is 19.2 Å². The minimum absolute atomic E-state index is 0.103. The van der Waals surface area contributed by atoms with Crippen molar-refractivity contribution in [3.05, 3.63) is 71.7 Å². The SMILES string of the molecule is COC(=O)c1c(C(C)C)[nH]c(-c2ccc(F)cc2)c1-c1ccccc1. The lowest BCUT2D eigenvalue weighted by atomic mass is 9.95. The molecular weight excluding hydrogens is 317 g/mol. The molecule has 0 unspecified atom stereocenters. The van der Waals surface area contributed by atoms with E-state index in [1.807, 2.05) is 44.2 Å². The molecule has 128 valence electrons. The van der Waals surface area contributed by atoms with Crippen molar-refractivity contribution in [2.24, 2.45) is 0 Å². The Kier molecular flexibility index (Phi) is 4.70. The van der Waals surface area contributed by atoms with Crippen molar-refractivity contribution < 1.29 is 13.9 Å². The third-order valence-electron chi connectivity index (χ3n) is 4.19. The molecule has 0 spiro atoms. The maximum absolute atomic E-state index is 13.3. The molecule has 0 saturated heterocycles. The number of carbonyl (C=O) groups is 1. The van der Waals surface area contributed by atoms with Crippen LogP contribution in [0.4, 0.5) is 4.39 Å². The summed E-state index contributed by atoms with van der Waals surface area (Å²) in [5.41, 5.74) is 4.63. The maximum Gasteiger partial charge on any atom is 0.340 e. The molecule has 3 nitrogen and oxygen atoms in total. The quantitative estimate of drug-likeness (QED) is 0.648. The molecule has 1 N–H and O–H groups in total. The average molecular weight is 337 g/mol. The van der Waals surface area contributed by atoms with Gasteiger partial charge in [0.15, 0.2) is 0 Å². The maximum atomic E-state index is 13.3. The van der Waals surface area contributed by atoms with Crippen molar-refractivity contribution in [3.8, 4) is 22.4 Å². The fourth-order valence-corrected chi connectivity index (χ4v) is 2.99. The number of halogens is 1. The minimum atomic E-state index is -0.382. The monoisotopic (exact) mass is 337 g/mol. The molecule has 0 amide bonds. The molecule has 3 aromatic rings. The van der Waals surface area contributed by atoms with Gasteiger partial charge in [0, 0.05) is 11.3 Å². The number of rotatable bonds is 4. The summed E-state index contributed by atoms with van der Waals surface area (Å²) in [6.07, 6.45) is 0. The molecule has 0 aliphatic heterocycles. The lowest BCUT2D eigenvalue weighted by molar-refractivity contribution is 0.0600. The second-order valence-electron chi connectivity index (χ2n) is 6.18. The molecule has 0 bridgehead atoms. The zero-order valence-electron chi connectivity index (χ0n) is 14.5. The van der Waals surface area contributed by atoms with Gasteiger partial charge in [-0.1, -0.05) is 44.2 Å². The predicted octanol–water partition coefficient (Wildman–Crippen LogP) is 5.40. The van der Waals surface area contributed by atoms with Crippen molar-refractivity contribution in [3.63, 3.8) is 0 Å². The van der Waals surface area contributed by atoms with Gasteiger partial charge in [-0.2, -0.15) is 0 Å². The Morgan fingerprint density at radius 3 is 2.20 bits per heavy atom. The van der Waals surface area contributed by atoms with Crippen molar-refractivity contribution >= 4 is 5.97 Å². The van der Waals surface area contributed by atoms with Gasteiger partial charge in [-0.15, -0.1) is 0 Å². The van der Waals surface area contributed by atoms with Gasteiger partial charge in [0.05, 0.1) is 18.4 Å². The van der Waals surface area contributed by atoms with Gasteiger partial charge in [-0.25, -0.2) is 9.18 Å². The van der Waals surface area contributed by atoms with E-state index < -0.39 is 0 Å². The number of nitrogens with one attached hydrogen (secondary N) is 1. The fraction of sp³-hybridized carbons (Fsp3) is 0.190. The molecule has 0 radical (unpaired) electrons. The van der Waals surface area contributed by atoms with Gasteiger partial charge in [-0.3, -0.25) is 0 Å². The first-order valence-electron chi connectivity index (χ1n) is 8.18. The fourth-order valence-electron chi connectivity index (χ4n) is 2.99. The second-order valence-corrected chi connectivity index (χ2v) is 6.18. The highest BCUT2D eigenvalue weighted by atomic mass is 19.1. The zero-order chi connectivity index (χ0) is 18.0. The van der Waals surface area contributed by atoms with Crippen LogP contribution in [0.3, 0.4) is 0 Å². The van der Waals surface area contributed by atoms with E-state index in [0.29, 0.717) is 5.56 Å². The number of methoxy groups -OCH3 is 1. The van der Waals surface area contributed by atoms with Crippen LogP contribution in [0.5, 0.6) is 0 Å². The zero-order valence-corrected chi connectivity index (χ0v) is 14.5. The number of ether oxygens (including phenoxy) is 1. The van der Waals surface area contributed by atoms with Crippen molar-refractivity contribution in [1.82, 2.24) is 4.98 Å². The van der Waals surface area contributed by atoms with E-state index in [2.05, 4.69) is 4.98 Å². The molecule has 0 atom stereocenters. The van der Waals surface area contributed by atoms with Gasteiger partial charge < -0.3 is 9.72 Å². The van der Waals surface area contributed by atoms with E-state index >= 15 is 0 Å². The normalized spacial score (nSPS) is 10.9.